The van der Waals surface area contributed by atoms with Crippen LogP contribution in [0.15, 0.2) is 18.5 Å². The van der Waals surface area contributed by atoms with Crippen LogP contribution in [0, 0.1) is 0 Å². The average Bonchev–Trinajstić information content (AvgIpc) is 2.36. The monoisotopic (exact) mass is 250 g/mol. The first-order valence-corrected chi connectivity index (χ1v) is 6.51. The second-order valence-electron chi connectivity index (χ2n) is 4.99. The van der Waals surface area contributed by atoms with Crippen molar-refractivity contribution in [1.29, 1.82) is 0 Å². The first-order valence-electron chi connectivity index (χ1n) is 6.51. The Hall–Kier alpha value is -1.20. The summed E-state index contributed by atoms with van der Waals surface area (Å²) >= 11 is 0. The van der Waals surface area contributed by atoms with Crippen molar-refractivity contribution in [1.82, 2.24) is 14.9 Å². The highest BCUT2D eigenvalue weighted by Crippen LogP contribution is 2.10. The molecule has 1 saturated heterocycles. The summed E-state index contributed by atoms with van der Waals surface area (Å²) < 4.78 is 5.73. The minimum absolute atomic E-state index is 0.326. The van der Waals surface area contributed by atoms with Gasteiger partial charge >= 0.3 is 0 Å². The molecule has 2 heterocycles. The molecule has 0 radical (unpaired) electrons. The quantitative estimate of drug-likeness (QED) is 0.798. The van der Waals surface area contributed by atoms with Crippen LogP contribution in [0.25, 0.3) is 0 Å². The van der Waals surface area contributed by atoms with Crippen LogP contribution < -0.4 is 4.90 Å². The van der Waals surface area contributed by atoms with Crippen LogP contribution in [0.3, 0.4) is 0 Å². The summed E-state index contributed by atoms with van der Waals surface area (Å²) in [7, 11) is 2.03. The van der Waals surface area contributed by atoms with Gasteiger partial charge in [0.05, 0.1) is 12.2 Å². The van der Waals surface area contributed by atoms with Gasteiger partial charge in [0.2, 0.25) is 5.95 Å². The largest absolute Gasteiger partial charge is 0.373 e. The van der Waals surface area contributed by atoms with Crippen LogP contribution in [0.2, 0.25) is 0 Å². The van der Waals surface area contributed by atoms with Crippen LogP contribution in [0.1, 0.15) is 13.8 Å². The molecule has 1 aliphatic rings. The fraction of sp³-hybridized carbons (Fsp3) is 0.692. The minimum Gasteiger partial charge on any atom is -0.373 e. The summed E-state index contributed by atoms with van der Waals surface area (Å²) in [5.74, 6) is 0.784. The number of morpholine rings is 1. The molecule has 2 rings (SSSR count). The average molecular weight is 250 g/mol. The molecule has 0 aliphatic carbocycles. The molecule has 1 fully saturated rings. The van der Waals surface area contributed by atoms with Crippen molar-refractivity contribution in [3.63, 3.8) is 0 Å². The van der Waals surface area contributed by atoms with Gasteiger partial charge in [0.25, 0.3) is 0 Å². The van der Waals surface area contributed by atoms with E-state index in [9.17, 15) is 0 Å². The van der Waals surface area contributed by atoms with Crippen LogP contribution in [-0.4, -0.2) is 60.3 Å². The number of ether oxygens (including phenoxy) is 1. The van der Waals surface area contributed by atoms with Crippen molar-refractivity contribution >= 4 is 5.95 Å². The smallest absolute Gasteiger partial charge is 0.225 e. The maximum Gasteiger partial charge on any atom is 0.225 e. The van der Waals surface area contributed by atoms with E-state index in [-0.39, 0.29) is 0 Å². The summed E-state index contributed by atoms with van der Waals surface area (Å²) in [6, 6.07) is 1.84. The Labute approximate surface area is 109 Å². The molecule has 0 unspecified atom stereocenters. The predicted octanol–water partition coefficient (Wildman–Crippen LogP) is 1.02. The van der Waals surface area contributed by atoms with Gasteiger partial charge in [-0.1, -0.05) is 0 Å². The van der Waals surface area contributed by atoms with Crippen LogP contribution in [-0.2, 0) is 4.74 Å². The van der Waals surface area contributed by atoms with E-state index in [1.165, 1.54) is 0 Å². The molecule has 1 aromatic rings. The number of nitrogens with zero attached hydrogens (tertiary/aromatic N) is 4. The Balaban J connectivity index is 1.81. The highest BCUT2D eigenvalue weighted by molar-refractivity contribution is 5.26. The Bertz CT molecular complexity index is 349. The van der Waals surface area contributed by atoms with E-state index >= 15 is 0 Å². The van der Waals surface area contributed by atoms with Crippen molar-refractivity contribution in [2.45, 2.75) is 26.1 Å². The van der Waals surface area contributed by atoms with Crippen molar-refractivity contribution in [3.8, 4) is 0 Å². The van der Waals surface area contributed by atoms with Crippen molar-refractivity contribution in [2.75, 3.05) is 38.1 Å². The lowest BCUT2D eigenvalue weighted by atomic mass is 10.2. The van der Waals surface area contributed by atoms with E-state index in [0.717, 1.165) is 32.1 Å². The third-order valence-electron chi connectivity index (χ3n) is 3.14. The number of rotatable bonds is 4. The van der Waals surface area contributed by atoms with Gasteiger partial charge in [0.15, 0.2) is 0 Å². The predicted molar refractivity (Wildman–Crippen MR) is 71.8 cm³/mol. The van der Waals surface area contributed by atoms with Crippen LogP contribution in [0.4, 0.5) is 5.95 Å². The Morgan fingerprint density at radius 1 is 1.28 bits per heavy atom. The minimum atomic E-state index is 0.326. The Morgan fingerprint density at radius 2 is 1.89 bits per heavy atom. The van der Waals surface area contributed by atoms with Gasteiger partial charge in [-0.2, -0.15) is 0 Å². The van der Waals surface area contributed by atoms with Gasteiger partial charge in [-0.25, -0.2) is 9.97 Å². The van der Waals surface area contributed by atoms with Gasteiger partial charge in [-0.15, -0.1) is 0 Å². The normalized spacial score (nSPS) is 25.1. The van der Waals surface area contributed by atoms with Gasteiger partial charge in [0.1, 0.15) is 0 Å². The highest BCUT2D eigenvalue weighted by Gasteiger charge is 2.22. The molecule has 0 aromatic carbocycles. The molecule has 5 heteroatoms. The number of aromatic nitrogens is 2. The molecule has 0 spiro atoms. The number of hydrogen-bond acceptors (Lipinski definition) is 5. The van der Waals surface area contributed by atoms with Crippen molar-refractivity contribution < 1.29 is 4.74 Å². The van der Waals surface area contributed by atoms with Crippen molar-refractivity contribution in [3.05, 3.63) is 18.5 Å². The highest BCUT2D eigenvalue weighted by atomic mass is 16.5. The summed E-state index contributed by atoms with van der Waals surface area (Å²) in [5.41, 5.74) is 0. The molecule has 0 N–H and O–H groups in total. The van der Waals surface area contributed by atoms with E-state index < -0.39 is 0 Å². The van der Waals surface area contributed by atoms with Gasteiger partial charge in [-0.3, -0.25) is 4.90 Å². The molecular formula is C13H22N4O. The van der Waals surface area contributed by atoms with Gasteiger partial charge in [0, 0.05) is 45.6 Å². The van der Waals surface area contributed by atoms with E-state index in [2.05, 4.69) is 33.6 Å². The first kappa shape index (κ1) is 13.2. The number of hydrogen-bond donors (Lipinski definition) is 0. The fourth-order valence-electron chi connectivity index (χ4n) is 2.35. The molecule has 0 saturated carbocycles. The summed E-state index contributed by atoms with van der Waals surface area (Å²) in [5, 5.41) is 0. The molecular weight excluding hydrogens is 228 g/mol. The fourth-order valence-corrected chi connectivity index (χ4v) is 2.35. The Morgan fingerprint density at radius 3 is 2.50 bits per heavy atom. The second-order valence-corrected chi connectivity index (χ2v) is 4.99. The molecule has 1 aromatic heterocycles. The van der Waals surface area contributed by atoms with Gasteiger partial charge in [-0.05, 0) is 19.9 Å². The topological polar surface area (TPSA) is 41.5 Å². The molecule has 18 heavy (non-hydrogen) atoms. The molecule has 0 bridgehead atoms. The van der Waals surface area contributed by atoms with E-state index in [1.807, 2.05) is 13.1 Å². The maximum atomic E-state index is 5.73. The molecule has 2 atom stereocenters. The third kappa shape index (κ3) is 3.65. The second kappa shape index (κ2) is 6.11. The van der Waals surface area contributed by atoms with Crippen LogP contribution in [0.5, 0.6) is 0 Å². The molecule has 5 nitrogen and oxygen atoms in total. The summed E-state index contributed by atoms with van der Waals surface area (Å²) in [6.07, 6.45) is 4.20. The number of anilines is 1. The van der Waals surface area contributed by atoms with E-state index in [1.54, 1.807) is 12.4 Å². The lowest BCUT2D eigenvalue weighted by molar-refractivity contribution is -0.0670. The van der Waals surface area contributed by atoms with Crippen molar-refractivity contribution in [2.24, 2.45) is 0 Å². The summed E-state index contributed by atoms with van der Waals surface area (Å²) in [4.78, 5) is 13.0. The zero-order valence-electron chi connectivity index (χ0n) is 11.4. The van der Waals surface area contributed by atoms with E-state index in [4.69, 9.17) is 4.74 Å². The third-order valence-corrected chi connectivity index (χ3v) is 3.14. The summed E-state index contributed by atoms with van der Waals surface area (Å²) in [6.45, 7) is 8.23. The standard InChI is InChI=1S/C13H22N4O/c1-11-9-17(10-12(2)18-11)8-7-16(3)13-14-5-4-6-15-13/h4-6,11-12H,7-10H2,1-3H3/t11-,12+. The SMILES string of the molecule is C[C@@H]1CN(CCN(C)c2ncccn2)C[C@H](C)O1. The molecule has 100 valence electrons. The van der Waals surface area contributed by atoms with Crippen LogP contribution >= 0.6 is 0 Å². The van der Waals surface area contributed by atoms with E-state index in [0.29, 0.717) is 12.2 Å². The lowest BCUT2D eigenvalue weighted by Gasteiger charge is -2.36. The molecule has 1 aliphatic heterocycles. The molecule has 0 amide bonds. The first-order chi connectivity index (χ1) is 8.65. The van der Waals surface area contributed by atoms with Gasteiger partial charge < -0.3 is 9.64 Å². The zero-order valence-corrected chi connectivity index (χ0v) is 11.4. The lowest BCUT2D eigenvalue weighted by Crippen LogP contribution is -2.47. The Kier molecular flexibility index (Phi) is 4.49. The number of likely N-dealkylation sites (N-methyl/N-ethyl adjacent to an activating group) is 1. The zero-order chi connectivity index (χ0) is 13.0. The maximum absolute atomic E-state index is 5.73.